The van der Waals surface area contributed by atoms with Crippen molar-refractivity contribution in [2.75, 3.05) is 0 Å². The number of aromatic nitrogens is 1. The fourth-order valence-corrected chi connectivity index (χ4v) is 1.58. The van der Waals surface area contributed by atoms with E-state index < -0.39 is 6.43 Å². The predicted molar refractivity (Wildman–Crippen MR) is 48.5 cm³/mol. The number of nitrogens with zero attached hydrogens (tertiary/aromatic N) is 1. The average molecular weight is 226 g/mol. The molecule has 0 aliphatic heterocycles. The van der Waals surface area contributed by atoms with Crippen molar-refractivity contribution in [2.24, 2.45) is 0 Å². The Balaban J connectivity index is 3.30. The van der Waals surface area contributed by atoms with Crippen LogP contribution in [0, 0.1) is 6.92 Å². The van der Waals surface area contributed by atoms with Crippen LogP contribution in [-0.2, 0) is 5.88 Å². The van der Waals surface area contributed by atoms with E-state index >= 15 is 0 Å². The summed E-state index contributed by atoms with van der Waals surface area (Å²) in [5, 5.41) is -0.0126. The van der Waals surface area contributed by atoms with E-state index in [4.69, 9.17) is 23.2 Å². The molecule has 0 N–H and O–H groups in total. The fourth-order valence-electron chi connectivity index (χ4n) is 1.04. The minimum Gasteiger partial charge on any atom is -0.258 e. The van der Waals surface area contributed by atoms with Gasteiger partial charge in [0.25, 0.3) is 6.43 Å². The van der Waals surface area contributed by atoms with E-state index in [1.165, 1.54) is 13.1 Å². The third-order valence-electron chi connectivity index (χ3n) is 1.77. The van der Waals surface area contributed by atoms with Gasteiger partial charge in [0.1, 0.15) is 0 Å². The highest BCUT2D eigenvalue weighted by Gasteiger charge is 2.17. The van der Waals surface area contributed by atoms with Gasteiger partial charge in [-0.1, -0.05) is 11.6 Å². The fraction of sp³-hybridized carbons (Fsp3) is 0.375. The predicted octanol–water partition coefficient (Wildman–Crippen LogP) is 3.72. The van der Waals surface area contributed by atoms with Crippen molar-refractivity contribution >= 4 is 23.2 Å². The summed E-state index contributed by atoms with van der Waals surface area (Å²) in [5.74, 6) is 0.114. The van der Waals surface area contributed by atoms with Crippen LogP contribution in [0.5, 0.6) is 0 Å². The zero-order valence-electron chi connectivity index (χ0n) is 6.82. The lowest BCUT2D eigenvalue weighted by Crippen LogP contribution is -1.98. The molecule has 0 aliphatic carbocycles. The van der Waals surface area contributed by atoms with Crippen LogP contribution < -0.4 is 0 Å². The Hall–Kier alpha value is -0.410. The molecular weight excluding hydrogens is 219 g/mol. The SMILES string of the molecule is Cc1c(CCl)ncc(Cl)c1C(F)F. The average Bonchev–Trinajstić information content (AvgIpc) is 2.04. The van der Waals surface area contributed by atoms with Crippen LogP contribution in [0.15, 0.2) is 6.20 Å². The van der Waals surface area contributed by atoms with Crippen molar-refractivity contribution < 1.29 is 8.78 Å². The van der Waals surface area contributed by atoms with Gasteiger partial charge in [-0.3, -0.25) is 4.98 Å². The zero-order valence-corrected chi connectivity index (χ0v) is 8.33. The molecule has 0 aromatic carbocycles. The molecule has 5 heteroatoms. The molecule has 1 rings (SSSR count). The molecule has 1 nitrogen and oxygen atoms in total. The Morgan fingerprint density at radius 3 is 2.62 bits per heavy atom. The number of pyridine rings is 1. The molecule has 1 heterocycles. The Bertz CT molecular complexity index is 315. The van der Waals surface area contributed by atoms with Gasteiger partial charge in [-0.25, -0.2) is 8.78 Å². The smallest absolute Gasteiger partial charge is 0.258 e. The highest BCUT2D eigenvalue weighted by molar-refractivity contribution is 6.31. The third kappa shape index (κ3) is 2.09. The summed E-state index contributed by atoms with van der Waals surface area (Å²) in [6.07, 6.45) is -1.38. The van der Waals surface area contributed by atoms with E-state index in [9.17, 15) is 8.78 Å². The molecule has 13 heavy (non-hydrogen) atoms. The maximum atomic E-state index is 12.4. The third-order valence-corrected chi connectivity index (χ3v) is 2.33. The number of hydrogen-bond donors (Lipinski definition) is 0. The lowest BCUT2D eigenvalue weighted by molar-refractivity contribution is 0.150. The molecule has 0 radical (unpaired) electrons. The van der Waals surface area contributed by atoms with Crippen LogP contribution in [0.4, 0.5) is 8.78 Å². The van der Waals surface area contributed by atoms with Crippen LogP contribution in [-0.4, -0.2) is 4.98 Å². The van der Waals surface area contributed by atoms with Gasteiger partial charge >= 0.3 is 0 Å². The van der Waals surface area contributed by atoms with Crippen molar-refractivity contribution in [1.82, 2.24) is 4.98 Å². The van der Waals surface area contributed by atoms with Crippen LogP contribution >= 0.6 is 23.2 Å². The van der Waals surface area contributed by atoms with E-state index in [-0.39, 0.29) is 16.5 Å². The molecule has 0 saturated carbocycles. The van der Waals surface area contributed by atoms with Crippen LogP contribution in [0.25, 0.3) is 0 Å². The van der Waals surface area contributed by atoms with E-state index in [0.717, 1.165) is 0 Å². The molecule has 0 atom stereocenters. The van der Waals surface area contributed by atoms with Gasteiger partial charge < -0.3 is 0 Å². The summed E-state index contributed by atoms with van der Waals surface area (Å²) in [4.78, 5) is 3.84. The first-order chi connectivity index (χ1) is 6.07. The maximum Gasteiger partial charge on any atom is 0.265 e. The number of rotatable bonds is 2. The van der Waals surface area contributed by atoms with Crippen LogP contribution in [0.3, 0.4) is 0 Å². The highest BCUT2D eigenvalue weighted by Crippen LogP contribution is 2.30. The lowest BCUT2D eigenvalue weighted by Gasteiger charge is -2.09. The first-order valence-corrected chi connectivity index (χ1v) is 4.47. The largest absolute Gasteiger partial charge is 0.265 e. The lowest BCUT2D eigenvalue weighted by atomic mass is 10.1. The second kappa shape index (κ2) is 4.20. The Morgan fingerprint density at radius 1 is 1.54 bits per heavy atom. The molecule has 0 amide bonds. The van der Waals surface area contributed by atoms with Crippen molar-refractivity contribution in [3.05, 3.63) is 28.0 Å². The van der Waals surface area contributed by atoms with Crippen molar-refractivity contribution in [2.45, 2.75) is 19.2 Å². The number of halogens is 4. The van der Waals surface area contributed by atoms with Crippen molar-refractivity contribution in [3.63, 3.8) is 0 Å². The summed E-state index contributed by atoms with van der Waals surface area (Å²) in [5.41, 5.74) is 0.645. The van der Waals surface area contributed by atoms with Crippen LogP contribution in [0.1, 0.15) is 23.2 Å². The van der Waals surface area contributed by atoms with E-state index in [0.29, 0.717) is 11.3 Å². The Morgan fingerprint density at radius 2 is 2.15 bits per heavy atom. The van der Waals surface area contributed by atoms with E-state index in [1.54, 1.807) is 0 Å². The molecule has 0 bridgehead atoms. The molecule has 0 unspecified atom stereocenters. The van der Waals surface area contributed by atoms with E-state index in [2.05, 4.69) is 4.98 Å². The van der Waals surface area contributed by atoms with Gasteiger partial charge in [0.05, 0.1) is 16.6 Å². The molecule has 1 aromatic rings. The minimum atomic E-state index is -2.59. The minimum absolute atomic E-state index is 0.0126. The summed E-state index contributed by atoms with van der Waals surface area (Å²) in [6.45, 7) is 1.54. The summed E-state index contributed by atoms with van der Waals surface area (Å²) < 4.78 is 24.9. The number of alkyl halides is 3. The summed E-state index contributed by atoms with van der Waals surface area (Å²) in [7, 11) is 0. The monoisotopic (exact) mass is 225 g/mol. The van der Waals surface area contributed by atoms with Gasteiger partial charge in [-0.15, -0.1) is 11.6 Å². The first-order valence-electron chi connectivity index (χ1n) is 3.56. The van der Waals surface area contributed by atoms with Gasteiger partial charge in [0, 0.05) is 11.8 Å². The standard InChI is InChI=1S/C8H7Cl2F2N/c1-4-6(2-9)13-3-5(10)7(4)8(11)12/h3,8H,2H2,1H3. The second-order valence-corrected chi connectivity index (χ2v) is 3.20. The molecule has 0 fully saturated rings. The molecule has 72 valence electrons. The highest BCUT2D eigenvalue weighted by atomic mass is 35.5. The summed E-state index contributed by atoms with van der Waals surface area (Å²) in [6, 6.07) is 0. The normalized spacial score (nSPS) is 10.9. The summed E-state index contributed by atoms with van der Waals surface area (Å²) >= 11 is 11.1. The van der Waals surface area contributed by atoms with Crippen molar-refractivity contribution in [1.29, 1.82) is 0 Å². The quantitative estimate of drug-likeness (QED) is 0.700. The van der Waals surface area contributed by atoms with E-state index in [1.807, 2.05) is 0 Å². The molecular formula is C8H7Cl2F2N. The maximum absolute atomic E-state index is 12.4. The molecule has 0 saturated heterocycles. The van der Waals surface area contributed by atoms with Gasteiger partial charge in [0.15, 0.2) is 0 Å². The van der Waals surface area contributed by atoms with Crippen LogP contribution in [0.2, 0.25) is 5.02 Å². The van der Waals surface area contributed by atoms with Gasteiger partial charge in [-0.2, -0.15) is 0 Å². The molecule has 0 spiro atoms. The second-order valence-electron chi connectivity index (χ2n) is 2.53. The molecule has 1 aromatic heterocycles. The zero-order chi connectivity index (χ0) is 10.0. The van der Waals surface area contributed by atoms with Crippen molar-refractivity contribution in [3.8, 4) is 0 Å². The molecule has 0 aliphatic rings. The Kier molecular flexibility index (Phi) is 3.45. The topological polar surface area (TPSA) is 12.9 Å². The van der Waals surface area contributed by atoms with Gasteiger partial charge in [-0.05, 0) is 12.5 Å². The number of hydrogen-bond acceptors (Lipinski definition) is 1. The van der Waals surface area contributed by atoms with Gasteiger partial charge in [0.2, 0.25) is 0 Å². The first kappa shape index (κ1) is 10.7. The Labute approximate surface area is 84.7 Å².